The number of thiophene rings is 1. The van der Waals surface area contributed by atoms with Crippen LogP contribution in [0.15, 0.2) is 36.4 Å². The predicted octanol–water partition coefficient (Wildman–Crippen LogP) is 2.02. The van der Waals surface area contributed by atoms with Crippen LogP contribution in [0.5, 0.6) is 0 Å². The minimum atomic E-state index is -0.414. The van der Waals surface area contributed by atoms with Crippen LogP contribution in [0.1, 0.15) is 14.5 Å². The van der Waals surface area contributed by atoms with E-state index in [-0.39, 0.29) is 19.0 Å². The molecule has 8 heteroatoms. The zero-order chi connectivity index (χ0) is 18.4. The van der Waals surface area contributed by atoms with Crippen molar-refractivity contribution in [1.82, 2.24) is 10.2 Å². The highest BCUT2D eigenvalue weighted by Crippen LogP contribution is 2.14. The van der Waals surface area contributed by atoms with E-state index in [0.29, 0.717) is 10.6 Å². The molecule has 0 aliphatic heterocycles. The van der Waals surface area contributed by atoms with Gasteiger partial charge in [0.05, 0.1) is 18.0 Å². The first-order valence-electron chi connectivity index (χ1n) is 7.49. The molecule has 1 heterocycles. The average molecular weight is 363 g/mol. The highest BCUT2D eigenvalue weighted by Gasteiger charge is 2.15. The first-order chi connectivity index (χ1) is 11.8. The summed E-state index contributed by atoms with van der Waals surface area (Å²) in [5, 5.41) is 5.09. The number of rotatable bonds is 6. The Hall–Kier alpha value is -2.74. The van der Waals surface area contributed by atoms with E-state index in [4.69, 9.17) is 0 Å². The zero-order valence-electron chi connectivity index (χ0n) is 13.8. The Morgan fingerprint density at radius 3 is 2.40 bits per heavy atom. The normalized spacial score (nSPS) is 10.2. The van der Waals surface area contributed by atoms with Gasteiger partial charge in [-0.3, -0.25) is 14.4 Å². The number of hydrogen-bond donors (Lipinski definition) is 2. The van der Waals surface area contributed by atoms with Crippen molar-refractivity contribution in [2.45, 2.75) is 6.92 Å². The number of carbonyl (C=O) groups is 3. The van der Waals surface area contributed by atoms with Crippen LogP contribution in [0.3, 0.4) is 0 Å². The molecule has 0 bridgehead atoms. The van der Waals surface area contributed by atoms with Crippen LogP contribution in [-0.2, 0) is 9.59 Å². The Morgan fingerprint density at radius 2 is 1.80 bits per heavy atom. The molecule has 0 saturated carbocycles. The van der Waals surface area contributed by atoms with E-state index >= 15 is 0 Å². The maximum Gasteiger partial charge on any atom is 0.261 e. The van der Waals surface area contributed by atoms with Crippen molar-refractivity contribution in [2.24, 2.45) is 0 Å². The third-order valence-electron chi connectivity index (χ3n) is 3.30. The van der Waals surface area contributed by atoms with Gasteiger partial charge in [-0.05, 0) is 43.3 Å². The molecular formula is C17H18FN3O3S. The standard InChI is InChI=1S/C17H18FN3O3S/c1-11-3-8-14(25-11)17(24)19-9-16(23)21(2)10-15(22)20-13-6-4-12(18)5-7-13/h3-8H,9-10H2,1-2H3,(H,19,24)(H,20,22). The zero-order valence-corrected chi connectivity index (χ0v) is 14.7. The van der Waals surface area contributed by atoms with Gasteiger partial charge in [0.25, 0.3) is 5.91 Å². The number of carbonyl (C=O) groups excluding carboxylic acids is 3. The molecule has 2 rings (SSSR count). The summed E-state index contributed by atoms with van der Waals surface area (Å²) in [5.41, 5.74) is 0.439. The van der Waals surface area contributed by atoms with Crippen LogP contribution in [-0.4, -0.2) is 42.8 Å². The summed E-state index contributed by atoms with van der Waals surface area (Å²) < 4.78 is 12.8. The molecule has 1 aromatic carbocycles. The maximum absolute atomic E-state index is 12.8. The first kappa shape index (κ1) is 18.6. The fourth-order valence-electron chi connectivity index (χ4n) is 1.97. The Kier molecular flexibility index (Phi) is 6.24. The molecule has 0 radical (unpaired) electrons. The third kappa shape index (κ3) is 5.68. The van der Waals surface area contributed by atoms with Gasteiger partial charge < -0.3 is 15.5 Å². The van der Waals surface area contributed by atoms with Crippen LogP contribution in [0, 0.1) is 12.7 Å². The summed E-state index contributed by atoms with van der Waals surface area (Å²) in [7, 11) is 1.47. The van der Waals surface area contributed by atoms with Crippen molar-refractivity contribution in [3.63, 3.8) is 0 Å². The number of likely N-dealkylation sites (N-methyl/N-ethyl adjacent to an activating group) is 1. The fraction of sp³-hybridized carbons (Fsp3) is 0.235. The van der Waals surface area contributed by atoms with Gasteiger partial charge in [-0.2, -0.15) is 0 Å². The number of amides is 3. The topological polar surface area (TPSA) is 78.5 Å². The Balaban J connectivity index is 1.78. The van der Waals surface area contributed by atoms with Crippen LogP contribution < -0.4 is 10.6 Å². The van der Waals surface area contributed by atoms with Crippen LogP contribution in [0.25, 0.3) is 0 Å². The Morgan fingerprint density at radius 1 is 1.12 bits per heavy atom. The first-order valence-corrected chi connectivity index (χ1v) is 8.31. The number of anilines is 1. The summed E-state index contributed by atoms with van der Waals surface area (Å²) in [5.74, 6) is -1.53. The molecule has 1 aromatic heterocycles. The van der Waals surface area contributed by atoms with E-state index in [1.54, 1.807) is 6.07 Å². The van der Waals surface area contributed by atoms with Gasteiger partial charge in [-0.25, -0.2) is 4.39 Å². The number of benzene rings is 1. The second-order valence-corrected chi connectivity index (χ2v) is 6.69. The number of hydrogen-bond acceptors (Lipinski definition) is 4. The van der Waals surface area contributed by atoms with Crippen molar-refractivity contribution >= 4 is 34.7 Å². The SMILES string of the molecule is Cc1ccc(C(=O)NCC(=O)N(C)CC(=O)Nc2ccc(F)cc2)s1. The van der Waals surface area contributed by atoms with E-state index in [2.05, 4.69) is 10.6 Å². The minimum absolute atomic E-state index is 0.176. The minimum Gasteiger partial charge on any atom is -0.342 e. The van der Waals surface area contributed by atoms with E-state index < -0.39 is 17.6 Å². The lowest BCUT2D eigenvalue weighted by atomic mass is 10.3. The lowest BCUT2D eigenvalue weighted by molar-refractivity contribution is -0.132. The van der Waals surface area contributed by atoms with Gasteiger partial charge in [-0.1, -0.05) is 0 Å². The van der Waals surface area contributed by atoms with Gasteiger partial charge in [0, 0.05) is 17.6 Å². The van der Waals surface area contributed by atoms with E-state index in [0.717, 1.165) is 4.88 Å². The molecule has 0 unspecified atom stereocenters. The molecule has 2 aromatic rings. The van der Waals surface area contributed by atoms with Gasteiger partial charge in [0.2, 0.25) is 11.8 Å². The largest absolute Gasteiger partial charge is 0.342 e. The summed E-state index contributed by atoms with van der Waals surface area (Å²) >= 11 is 1.34. The highest BCUT2D eigenvalue weighted by molar-refractivity contribution is 7.13. The Labute approximate surface area is 148 Å². The molecule has 25 heavy (non-hydrogen) atoms. The summed E-state index contributed by atoms with van der Waals surface area (Å²) in [6.45, 7) is 1.51. The summed E-state index contributed by atoms with van der Waals surface area (Å²) in [6, 6.07) is 8.84. The van der Waals surface area contributed by atoms with Crippen LogP contribution in [0.4, 0.5) is 10.1 Å². The lowest BCUT2D eigenvalue weighted by Crippen LogP contribution is -2.41. The molecule has 0 saturated heterocycles. The second kappa shape index (κ2) is 8.39. The number of nitrogens with one attached hydrogen (secondary N) is 2. The summed E-state index contributed by atoms with van der Waals surface area (Å²) in [4.78, 5) is 38.5. The van der Waals surface area contributed by atoms with Crippen LogP contribution >= 0.6 is 11.3 Å². The van der Waals surface area contributed by atoms with Gasteiger partial charge in [0.15, 0.2) is 0 Å². The number of halogens is 1. The fourth-order valence-corrected chi connectivity index (χ4v) is 2.76. The van der Waals surface area contributed by atoms with Gasteiger partial charge in [0.1, 0.15) is 5.82 Å². The molecule has 0 aliphatic rings. The second-order valence-electron chi connectivity index (χ2n) is 5.40. The molecule has 132 valence electrons. The molecule has 0 aliphatic carbocycles. The van der Waals surface area contributed by atoms with Crippen LogP contribution in [0.2, 0.25) is 0 Å². The number of aryl methyl sites for hydroxylation is 1. The quantitative estimate of drug-likeness (QED) is 0.824. The predicted molar refractivity (Wildman–Crippen MR) is 94.1 cm³/mol. The smallest absolute Gasteiger partial charge is 0.261 e. The van der Waals surface area contributed by atoms with E-state index in [1.807, 2.05) is 13.0 Å². The number of nitrogens with zero attached hydrogens (tertiary/aromatic N) is 1. The molecule has 0 fully saturated rings. The third-order valence-corrected chi connectivity index (χ3v) is 4.30. The molecule has 0 atom stereocenters. The van der Waals surface area contributed by atoms with Gasteiger partial charge >= 0.3 is 0 Å². The van der Waals surface area contributed by atoms with Crippen molar-refractivity contribution in [1.29, 1.82) is 0 Å². The molecule has 6 nitrogen and oxygen atoms in total. The molecule has 2 N–H and O–H groups in total. The van der Waals surface area contributed by atoms with E-state index in [9.17, 15) is 18.8 Å². The molecular weight excluding hydrogens is 345 g/mol. The lowest BCUT2D eigenvalue weighted by Gasteiger charge is -2.17. The van der Waals surface area contributed by atoms with Crippen molar-refractivity contribution in [2.75, 3.05) is 25.5 Å². The van der Waals surface area contributed by atoms with Crippen molar-refractivity contribution in [3.05, 3.63) is 52.0 Å². The van der Waals surface area contributed by atoms with E-state index in [1.165, 1.54) is 47.5 Å². The average Bonchev–Trinajstić information content (AvgIpc) is 3.00. The Bertz CT molecular complexity index is 774. The highest BCUT2D eigenvalue weighted by atomic mass is 32.1. The molecule has 3 amide bonds. The monoisotopic (exact) mass is 363 g/mol. The molecule has 0 spiro atoms. The van der Waals surface area contributed by atoms with Crippen molar-refractivity contribution in [3.8, 4) is 0 Å². The van der Waals surface area contributed by atoms with Crippen molar-refractivity contribution < 1.29 is 18.8 Å². The maximum atomic E-state index is 12.8. The summed E-state index contributed by atoms with van der Waals surface area (Å²) in [6.07, 6.45) is 0. The van der Waals surface area contributed by atoms with Gasteiger partial charge in [-0.15, -0.1) is 11.3 Å².